The van der Waals surface area contributed by atoms with Gasteiger partial charge in [-0.05, 0) is 65.8 Å². The molecule has 9 heteroatoms. The number of aromatic carboxylic acids is 1. The Morgan fingerprint density at radius 3 is 2.71 bits per heavy atom. The Labute approximate surface area is 213 Å². The average Bonchev–Trinajstić information content (AvgIpc) is 3.32. The summed E-state index contributed by atoms with van der Waals surface area (Å²) in [6.45, 7) is 0.981. The van der Waals surface area contributed by atoms with E-state index in [9.17, 15) is 14.7 Å². The predicted molar refractivity (Wildman–Crippen MR) is 139 cm³/mol. The summed E-state index contributed by atoms with van der Waals surface area (Å²) in [7, 11) is 0. The van der Waals surface area contributed by atoms with Gasteiger partial charge >= 0.3 is 5.97 Å². The highest BCUT2D eigenvalue weighted by molar-refractivity contribution is 14.1. The van der Waals surface area contributed by atoms with E-state index >= 15 is 4.39 Å². The highest BCUT2D eigenvalue weighted by atomic mass is 127. The molecule has 1 N–H and O–H groups in total. The third kappa shape index (κ3) is 4.47. The first kappa shape index (κ1) is 23.3. The Balaban J connectivity index is 1.62. The molecule has 1 fully saturated rings. The number of benzene rings is 2. The molecule has 0 aliphatic carbocycles. The number of fused-ring (bicyclic) bond motifs is 1. The molecule has 3 heterocycles. The zero-order valence-corrected chi connectivity index (χ0v) is 20.7. The molecule has 0 amide bonds. The van der Waals surface area contributed by atoms with Crippen molar-refractivity contribution >= 4 is 45.2 Å². The van der Waals surface area contributed by atoms with E-state index in [2.05, 4.69) is 27.6 Å². The fourth-order valence-electron chi connectivity index (χ4n) is 4.49. The van der Waals surface area contributed by atoms with Gasteiger partial charge in [-0.3, -0.25) is 4.79 Å². The Bertz CT molecular complexity index is 1480. The number of hydrogen-bond donors (Lipinski definition) is 1. The van der Waals surface area contributed by atoms with E-state index in [0.29, 0.717) is 35.9 Å². The number of aromatic nitrogens is 2. The molecule has 2 aromatic carbocycles. The topological polar surface area (TPSA) is 84.7 Å². The molecule has 2 aromatic heterocycles. The van der Waals surface area contributed by atoms with Crippen molar-refractivity contribution in [3.63, 3.8) is 0 Å². The lowest BCUT2D eigenvalue weighted by Gasteiger charge is -2.28. The summed E-state index contributed by atoms with van der Waals surface area (Å²) in [5.41, 5.74) is 0.377. The minimum Gasteiger partial charge on any atom is -0.477 e. The summed E-state index contributed by atoms with van der Waals surface area (Å²) in [6, 6.07) is 15.6. The van der Waals surface area contributed by atoms with Crippen LogP contribution in [0, 0.1) is 9.39 Å². The van der Waals surface area contributed by atoms with Crippen molar-refractivity contribution in [3.05, 3.63) is 92.2 Å². The van der Waals surface area contributed by atoms with Gasteiger partial charge in [0.25, 0.3) is 0 Å². The van der Waals surface area contributed by atoms with Crippen molar-refractivity contribution < 1.29 is 19.0 Å². The van der Waals surface area contributed by atoms with Gasteiger partial charge in [0.05, 0.1) is 22.9 Å². The van der Waals surface area contributed by atoms with E-state index in [1.54, 1.807) is 22.9 Å². The normalized spacial score (nSPS) is 15.5. The number of hydrogen-bond acceptors (Lipinski definition) is 5. The van der Waals surface area contributed by atoms with E-state index in [-0.39, 0.29) is 11.4 Å². The van der Waals surface area contributed by atoms with Gasteiger partial charge in [-0.15, -0.1) is 0 Å². The van der Waals surface area contributed by atoms with Crippen LogP contribution >= 0.6 is 22.6 Å². The summed E-state index contributed by atoms with van der Waals surface area (Å²) >= 11 is 2.15. The van der Waals surface area contributed by atoms with E-state index in [1.165, 1.54) is 6.20 Å². The number of anilines is 1. The van der Waals surface area contributed by atoms with Gasteiger partial charge in [-0.25, -0.2) is 14.2 Å². The van der Waals surface area contributed by atoms with Gasteiger partial charge in [-0.2, -0.15) is 0 Å². The number of carboxylic acid groups (broad SMARTS) is 1. The number of halogens is 2. The van der Waals surface area contributed by atoms with Gasteiger partial charge in [0.15, 0.2) is 0 Å². The molecule has 35 heavy (non-hydrogen) atoms. The molecular weight excluding hydrogens is 564 g/mol. The molecular formula is C26H21FIN3O4. The molecule has 178 valence electrons. The summed E-state index contributed by atoms with van der Waals surface area (Å²) in [5, 5.41) is 9.63. The van der Waals surface area contributed by atoms with Crippen LogP contribution in [-0.4, -0.2) is 39.8 Å². The van der Waals surface area contributed by atoms with Crippen LogP contribution in [0.15, 0.2) is 71.8 Å². The minimum absolute atomic E-state index is 0.0197. The molecule has 0 unspecified atom stereocenters. The summed E-state index contributed by atoms with van der Waals surface area (Å²) < 4.78 is 23.8. The third-order valence-electron chi connectivity index (χ3n) is 6.16. The van der Waals surface area contributed by atoms with E-state index < -0.39 is 22.8 Å². The summed E-state index contributed by atoms with van der Waals surface area (Å²) in [4.78, 5) is 30.9. The second kappa shape index (κ2) is 9.65. The maximum atomic E-state index is 15.4. The second-order valence-corrected chi connectivity index (χ2v) is 9.45. The van der Waals surface area contributed by atoms with Crippen LogP contribution in [0.1, 0.15) is 23.2 Å². The SMILES string of the molecule is O=C(O)c1cn(-c2ccccc2I)c2cc(N3CCC[C@@H]3COc3ccccn3)c(F)cc2c1=O. The molecule has 5 rings (SSSR count). The average molecular weight is 585 g/mol. The van der Waals surface area contributed by atoms with Gasteiger partial charge in [-0.1, -0.05) is 18.2 Å². The monoisotopic (exact) mass is 585 g/mol. The van der Waals surface area contributed by atoms with Crippen molar-refractivity contribution in [2.24, 2.45) is 0 Å². The largest absolute Gasteiger partial charge is 0.477 e. The van der Waals surface area contributed by atoms with Gasteiger partial charge in [0, 0.05) is 34.0 Å². The van der Waals surface area contributed by atoms with Gasteiger partial charge in [0.1, 0.15) is 18.0 Å². The van der Waals surface area contributed by atoms with Crippen LogP contribution in [-0.2, 0) is 0 Å². The van der Waals surface area contributed by atoms with Crippen molar-refractivity contribution in [2.45, 2.75) is 18.9 Å². The Kier molecular flexibility index (Phi) is 6.42. The van der Waals surface area contributed by atoms with Crippen LogP contribution in [0.5, 0.6) is 5.88 Å². The van der Waals surface area contributed by atoms with Crippen molar-refractivity contribution in [2.75, 3.05) is 18.1 Å². The smallest absolute Gasteiger partial charge is 0.341 e. The van der Waals surface area contributed by atoms with Crippen molar-refractivity contribution in [1.82, 2.24) is 9.55 Å². The highest BCUT2D eigenvalue weighted by Gasteiger charge is 2.29. The molecule has 1 atom stereocenters. The molecule has 0 spiro atoms. The summed E-state index contributed by atoms with van der Waals surface area (Å²) in [5.74, 6) is -1.42. The minimum atomic E-state index is -1.35. The van der Waals surface area contributed by atoms with E-state index in [0.717, 1.165) is 22.5 Å². The van der Waals surface area contributed by atoms with E-state index in [4.69, 9.17) is 4.74 Å². The molecule has 0 radical (unpaired) electrons. The summed E-state index contributed by atoms with van der Waals surface area (Å²) in [6.07, 6.45) is 4.67. The Morgan fingerprint density at radius 2 is 1.97 bits per heavy atom. The predicted octanol–water partition coefficient (Wildman–Crippen LogP) is 4.88. The number of para-hydroxylation sites is 1. The molecule has 1 saturated heterocycles. The lowest BCUT2D eigenvalue weighted by atomic mass is 10.1. The number of rotatable bonds is 6. The fourth-order valence-corrected chi connectivity index (χ4v) is 5.14. The lowest BCUT2D eigenvalue weighted by Crippen LogP contribution is -2.35. The third-order valence-corrected chi connectivity index (χ3v) is 7.07. The van der Waals surface area contributed by atoms with Crippen molar-refractivity contribution in [3.8, 4) is 11.6 Å². The molecule has 1 aliphatic heterocycles. The first-order chi connectivity index (χ1) is 16.9. The molecule has 0 bridgehead atoms. The fraction of sp³-hybridized carbons (Fsp3) is 0.192. The lowest BCUT2D eigenvalue weighted by molar-refractivity contribution is 0.0695. The maximum absolute atomic E-state index is 15.4. The van der Waals surface area contributed by atoms with Gasteiger partial charge < -0.3 is 19.3 Å². The number of ether oxygens (including phenoxy) is 1. The number of pyridine rings is 2. The number of carbonyl (C=O) groups is 1. The van der Waals surface area contributed by atoms with Crippen LogP contribution in [0.3, 0.4) is 0 Å². The quantitative estimate of drug-likeness (QED) is 0.325. The first-order valence-electron chi connectivity index (χ1n) is 11.1. The van der Waals surface area contributed by atoms with Crippen molar-refractivity contribution in [1.29, 1.82) is 0 Å². The zero-order valence-electron chi connectivity index (χ0n) is 18.5. The molecule has 7 nitrogen and oxygen atoms in total. The molecule has 0 saturated carbocycles. The standard InChI is InChI=1S/C26H21FIN3O4/c27-19-12-17-22(31(14-18(25(17)32)26(33)34)21-8-2-1-7-20(21)28)13-23(19)30-11-5-6-16(30)15-35-24-9-3-4-10-29-24/h1-4,7-10,12-14,16H,5-6,11,15H2,(H,33,34)/t16-/m1/s1. The second-order valence-electron chi connectivity index (χ2n) is 8.29. The molecule has 4 aromatic rings. The van der Waals surface area contributed by atoms with Crippen LogP contribution in [0.25, 0.3) is 16.6 Å². The van der Waals surface area contributed by atoms with Crippen LogP contribution in [0.4, 0.5) is 10.1 Å². The Hall–Kier alpha value is -3.47. The number of nitrogens with zero attached hydrogens (tertiary/aromatic N) is 3. The number of carboxylic acids is 1. The molecule has 1 aliphatic rings. The van der Waals surface area contributed by atoms with Gasteiger partial charge in [0.2, 0.25) is 11.3 Å². The van der Waals surface area contributed by atoms with E-state index in [1.807, 2.05) is 41.3 Å². The Morgan fingerprint density at radius 1 is 1.17 bits per heavy atom. The first-order valence-corrected chi connectivity index (χ1v) is 12.2. The van der Waals surface area contributed by atoms with Crippen LogP contribution < -0.4 is 15.1 Å². The van der Waals surface area contributed by atoms with Crippen LogP contribution in [0.2, 0.25) is 0 Å². The highest BCUT2D eigenvalue weighted by Crippen LogP contribution is 2.32. The maximum Gasteiger partial charge on any atom is 0.341 e. The zero-order chi connectivity index (χ0) is 24.5.